The van der Waals surface area contributed by atoms with E-state index in [0.29, 0.717) is 0 Å². The van der Waals surface area contributed by atoms with E-state index in [9.17, 15) is 0 Å². The molecule has 3 heteroatoms. The van der Waals surface area contributed by atoms with Gasteiger partial charge in [-0.3, -0.25) is 9.88 Å². The third-order valence-electron chi connectivity index (χ3n) is 8.42. The van der Waals surface area contributed by atoms with Gasteiger partial charge in [0.1, 0.15) is 5.82 Å². The van der Waals surface area contributed by atoms with Gasteiger partial charge in [0.2, 0.25) is 0 Å². The van der Waals surface area contributed by atoms with Crippen molar-refractivity contribution in [2.24, 2.45) is 0 Å². The molecule has 5 aromatic rings. The zero-order chi connectivity index (χ0) is 22.7. The van der Waals surface area contributed by atoms with E-state index >= 15 is 0 Å². The van der Waals surface area contributed by atoms with Crippen molar-refractivity contribution in [1.29, 1.82) is 0 Å². The summed E-state index contributed by atoms with van der Waals surface area (Å²) in [5.74, 6) is 1.06. The van der Waals surface area contributed by atoms with Crippen LogP contribution in [0.5, 0.6) is 0 Å². The van der Waals surface area contributed by atoms with Gasteiger partial charge in [0.25, 0.3) is 0 Å². The molecule has 2 aliphatic carbocycles. The molecule has 164 valence electrons. The van der Waals surface area contributed by atoms with Crippen molar-refractivity contribution in [1.82, 2.24) is 9.97 Å². The van der Waals surface area contributed by atoms with Crippen LogP contribution in [0.3, 0.4) is 0 Å². The molecule has 3 nitrogen and oxygen atoms in total. The van der Waals surface area contributed by atoms with Gasteiger partial charge in [-0.2, -0.15) is 0 Å². The highest BCUT2D eigenvalue weighted by Crippen LogP contribution is 2.56. The average Bonchev–Trinajstić information content (AvgIpc) is 3.46. The number of hydrogen-bond acceptors (Lipinski definition) is 3. The van der Waals surface area contributed by atoms with E-state index < -0.39 is 0 Å². The van der Waals surface area contributed by atoms with Crippen LogP contribution < -0.4 is 4.90 Å². The third kappa shape index (κ3) is 2.21. The van der Waals surface area contributed by atoms with Crippen molar-refractivity contribution in [3.8, 4) is 22.3 Å². The highest BCUT2D eigenvalue weighted by atomic mass is 15.2. The summed E-state index contributed by atoms with van der Waals surface area (Å²) in [5.41, 5.74) is 19.5. The largest absolute Gasteiger partial charge is 0.292 e. The number of fused-ring (bicyclic) bond motifs is 12. The molecule has 0 radical (unpaired) electrons. The third-order valence-corrected chi connectivity index (χ3v) is 8.42. The standard InChI is InChI=1S/C32H21N3/c1-2-7-23-18(5-1)13-19-9-10-20-14-24-25(30(20)29(19)23)16-22-17-27-28(8-4-11-33-27)35-31(22)26(24)15-21-6-3-12-34-32(21)35/h1-12,16H,13-15,17H2. The first-order valence-electron chi connectivity index (χ1n) is 12.4. The Labute approximate surface area is 203 Å². The molecule has 0 spiro atoms. The summed E-state index contributed by atoms with van der Waals surface area (Å²) < 4.78 is 0. The Morgan fingerprint density at radius 2 is 1.34 bits per heavy atom. The Morgan fingerprint density at radius 3 is 2.31 bits per heavy atom. The van der Waals surface area contributed by atoms with Crippen LogP contribution in [-0.4, -0.2) is 9.97 Å². The van der Waals surface area contributed by atoms with E-state index in [1.54, 1.807) is 0 Å². The second-order valence-corrected chi connectivity index (χ2v) is 10.2. The van der Waals surface area contributed by atoms with Crippen LogP contribution in [0, 0.1) is 0 Å². The first-order chi connectivity index (χ1) is 17.3. The molecule has 0 unspecified atom stereocenters. The molecule has 3 aromatic carbocycles. The number of nitrogens with zero attached hydrogens (tertiary/aromatic N) is 3. The number of rotatable bonds is 0. The van der Waals surface area contributed by atoms with Crippen molar-refractivity contribution < 1.29 is 0 Å². The van der Waals surface area contributed by atoms with Gasteiger partial charge >= 0.3 is 0 Å². The minimum atomic E-state index is 0.866. The lowest BCUT2D eigenvalue weighted by Crippen LogP contribution is -2.27. The van der Waals surface area contributed by atoms with Crippen LogP contribution >= 0.6 is 0 Å². The molecule has 35 heavy (non-hydrogen) atoms. The van der Waals surface area contributed by atoms with Crippen LogP contribution in [0.4, 0.5) is 17.2 Å². The average molecular weight is 448 g/mol. The van der Waals surface area contributed by atoms with Gasteiger partial charge in [-0.05, 0) is 98.3 Å². The highest BCUT2D eigenvalue weighted by Gasteiger charge is 2.38. The normalized spacial score (nSPS) is 14.9. The Morgan fingerprint density at radius 1 is 0.571 bits per heavy atom. The number of pyridine rings is 2. The van der Waals surface area contributed by atoms with Crippen LogP contribution in [0.25, 0.3) is 22.3 Å². The van der Waals surface area contributed by atoms with Gasteiger partial charge in [0.05, 0.1) is 17.1 Å². The fraction of sp³-hybridized carbons (Fsp3) is 0.125. The van der Waals surface area contributed by atoms with Crippen LogP contribution in [0.1, 0.15) is 44.6 Å². The summed E-state index contributed by atoms with van der Waals surface area (Å²) in [6.07, 6.45) is 7.68. The Balaban J connectivity index is 1.35. The molecule has 0 bridgehead atoms. The zero-order valence-electron chi connectivity index (χ0n) is 19.2. The van der Waals surface area contributed by atoms with E-state index in [0.717, 1.165) is 37.2 Å². The van der Waals surface area contributed by atoms with Crippen molar-refractivity contribution in [3.63, 3.8) is 0 Å². The molecule has 9 rings (SSSR count). The van der Waals surface area contributed by atoms with Crippen molar-refractivity contribution >= 4 is 17.2 Å². The summed E-state index contributed by atoms with van der Waals surface area (Å²) in [4.78, 5) is 12.0. The number of aromatic nitrogens is 2. The minimum Gasteiger partial charge on any atom is -0.292 e. The molecule has 0 saturated heterocycles. The first kappa shape index (κ1) is 18.1. The SMILES string of the molecule is c1ccc2c(c1)Cc1ccc3c(c1-2)-c1cc2c4c(c1C3)Cc1cccnc1N4c1cccnc1C2. The topological polar surface area (TPSA) is 29.0 Å². The molecule has 0 saturated carbocycles. The maximum Gasteiger partial charge on any atom is 0.141 e. The monoisotopic (exact) mass is 447 g/mol. The molecule has 2 aliphatic heterocycles. The van der Waals surface area contributed by atoms with Gasteiger partial charge in [0, 0.05) is 25.2 Å². The van der Waals surface area contributed by atoms with E-state index in [2.05, 4.69) is 65.6 Å². The molecule has 0 amide bonds. The van der Waals surface area contributed by atoms with Gasteiger partial charge in [-0.1, -0.05) is 42.5 Å². The molecular weight excluding hydrogens is 426 g/mol. The van der Waals surface area contributed by atoms with Crippen molar-refractivity contribution in [2.45, 2.75) is 25.7 Å². The van der Waals surface area contributed by atoms with Crippen LogP contribution in [-0.2, 0) is 25.7 Å². The van der Waals surface area contributed by atoms with E-state index in [1.165, 1.54) is 72.6 Å². The summed E-state index contributed by atoms with van der Waals surface area (Å²) in [5, 5.41) is 0. The lowest BCUT2D eigenvalue weighted by molar-refractivity contribution is 0.941. The maximum absolute atomic E-state index is 4.85. The quantitative estimate of drug-likeness (QED) is 0.253. The minimum absolute atomic E-state index is 0.866. The van der Waals surface area contributed by atoms with Crippen LogP contribution in [0.15, 0.2) is 79.1 Å². The van der Waals surface area contributed by atoms with Gasteiger partial charge in [0.15, 0.2) is 0 Å². The number of anilines is 3. The second-order valence-electron chi connectivity index (χ2n) is 10.2. The summed E-state index contributed by atoms with van der Waals surface area (Å²) in [6.45, 7) is 0. The smallest absolute Gasteiger partial charge is 0.141 e. The first-order valence-corrected chi connectivity index (χ1v) is 12.4. The van der Waals surface area contributed by atoms with E-state index in [4.69, 9.17) is 9.97 Å². The molecule has 0 fully saturated rings. The van der Waals surface area contributed by atoms with Crippen molar-refractivity contribution in [3.05, 3.63) is 124 Å². The molecule has 4 aliphatic rings. The Kier molecular flexibility index (Phi) is 3.24. The molecule has 0 N–H and O–H groups in total. The predicted molar refractivity (Wildman–Crippen MR) is 139 cm³/mol. The molecular formula is C32H21N3. The molecule has 4 heterocycles. The summed E-state index contributed by atoms with van der Waals surface area (Å²) in [6, 6.07) is 24.8. The fourth-order valence-corrected chi connectivity index (χ4v) is 7.02. The van der Waals surface area contributed by atoms with Gasteiger partial charge in [-0.15, -0.1) is 0 Å². The lowest BCUT2D eigenvalue weighted by atomic mass is 9.83. The lowest BCUT2D eigenvalue weighted by Gasteiger charge is -2.39. The van der Waals surface area contributed by atoms with E-state index in [1.807, 2.05) is 18.5 Å². The van der Waals surface area contributed by atoms with Crippen molar-refractivity contribution in [2.75, 3.05) is 4.90 Å². The Bertz CT molecular complexity index is 1750. The highest BCUT2D eigenvalue weighted by molar-refractivity contribution is 5.99. The van der Waals surface area contributed by atoms with Crippen LogP contribution in [0.2, 0.25) is 0 Å². The Hall–Kier alpha value is -4.24. The number of benzene rings is 3. The predicted octanol–water partition coefficient (Wildman–Crippen LogP) is 6.90. The summed E-state index contributed by atoms with van der Waals surface area (Å²) in [7, 11) is 0. The van der Waals surface area contributed by atoms with Gasteiger partial charge in [-0.25, -0.2) is 4.98 Å². The van der Waals surface area contributed by atoms with E-state index in [-0.39, 0.29) is 0 Å². The molecule has 2 aromatic heterocycles. The second kappa shape index (κ2) is 6.25. The zero-order valence-corrected chi connectivity index (χ0v) is 19.2. The van der Waals surface area contributed by atoms with Gasteiger partial charge < -0.3 is 0 Å². The molecule has 0 atom stereocenters. The fourth-order valence-electron chi connectivity index (χ4n) is 7.02. The number of hydrogen-bond donors (Lipinski definition) is 0. The summed E-state index contributed by atoms with van der Waals surface area (Å²) >= 11 is 0. The maximum atomic E-state index is 4.85.